The molecule has 3 rings (SSSR count). The van der Waals surface area contributed by atoms with Crippen molar-refractivity contribution in [1.29, 1.82) is 0 Å². The second-order valence-corrected chi connectivity index (χ2v) is 11.2. The molecule has 0 aromatic heterocycles. The van der Waals surface area contributed by atoms with Gasteiger partial charge < -0.3 is 15.0 Å². The molecule has 0 heterocycles. The third-order valence-corrected chi connectivity index (χ3v) is 8.27. The molecule has 0 bridgehead atoms. The Balaban J connectivity index is 2.08. The van der Waals surface area contributed by atoms with Crippen LogP contribution in [0.25, 0.3) is 0 Å². The van der Waals surface area contributed by atoms with Crippen molar-refractivity contribution in [1.82, 2.24) is 10.2 Å². The van der Waals surface area contributed by atoms with Gasteiger partial charge in [0.15, 0.2) is 0 Å². The van der Waals surface area contributed by atoms with Crippen molar-refractivity contribution in [3.05, 3.63) is 89.5 Å². The summed E-state index contributed by atoms with van der Waals surface area (Å²) < 4.78 is 34.2. The number of nitrogens with one attached hydrogen (secondary N) is 1. The summed E-state index contributed by atoms with van der Waals surface area (Å²) in [7, 11) is -2.53. The molecule has 0 aliphatic carbocycles. The maximum atomic E-state index is 14.1. The molecule has 3 aromatic carbocycles. The number of likely N-dealkylation sites (N-methyl/N-ethyl adjacent to an activating group) is 1. The minimum absolute atomic E-state index is 0.0798. The van der Waals surface area contributed by atoms with Gasteiger partial charge in [-0.15, -0.1) is 0 Å². The molecular formula is C30H37N3O5S. The number of methoxy groups -OCH3 is 1. The fourth-order valence-corrected chi connectivity index (χ4v) is 5.85. The van der Waals surface area contributed by atoms with Crippen LogP contribution in [0, 0.1) is 13.8 Å². The first-order chi connectivity index (χ1) is 18.6. The Labute approximate surface area is 231 Å². The molecule has 208 valence electrons. The summed E-state index contributed by atoms with van der Waals surface area (Å²) in [5, 5.41) is 2.81. The second kappa shape index (κ2) is 13.3. The van der Waals surface area contributed by atoms with E-state index in [1.54, 1.807) is 43.5 Å². The van der Waals surface area contributed by atoms with E-state index in [-0.39, 0.29) is 17.3 Å². The Kier molecular flexibility index (Phi) is 10.1. The Hall–Kier alpha value is -3.85. The number of rotatable bonds is 12. The lowest BCUT2D eigenvalue weighted by atomic mass is 10.1. The van der Waals surface area contributed by atoms with Gasteiger partial charge in [0.1, 0.15) is 18.3 Å². The summed E-state index contributed by atoms with van der Waals surface area (Å²) in [6.07, 6.45) is 0.364. The van der Waals surface area contributed by atoms with Crippen molar-refractivity contribution >= 4 is 27.5 Å². The molecule has 1 atom stereocenters. The van der Waals surface area contributed by atoms with Gasteiger partial charge in [0.2, 0.25) is 11.8 Å². The SMILES string of the molecule is CCNC(=O)[C@@H](CC)N(Cc1ccc(OC)cc1)C(=O)CN(c1cc(C)ccc1C)S(=O)(=O)c1ccccc1. The van der Waals surface area contributed by atoms with Crippen LogP contribution in [0.2, 0.25) is 0 Å². The summed E-state index contributed by atoms with van der Waals surface area (Å²) in [6, 6.07) is 20.0. The molecule has 0 radical (unpaired) electrons. The molecule has 0 aliphatic heterocycles. The predicted molar refractivity (Wildman–Crippen MR) is 153 cm³/mol. The van der Waals surface area contributed by atoms with Gasteiger partial charge in [-0.1, -0.05) is 49.4 Å². The Bertz CT molecular complexity index is 1380. The van der Waals surface area contributed by atoms with Crippen molar-refractivity contribution in [3.63, 3.8) is 0 Å². The van der Waals surface area contributed by atoms with Gasteiger partial charge in [0.25, 0.3) is 10.0 Å². The van der Waals surface area contributed by atoms with Crippen LogP contribution in [-0.4, -0.2) is 51.4 Å². The molecule has 8 nitrogen and oxygen atoms in total. The van der Waals surface area contributed by atoms with Gasteiger partial charge in [-0.3, -0.25) is 13.9 Å². The largest absolute Gasteiger partial charge is 0.497 e. The van der Waals surface area contributed by atoms with E-state index in [2.05, 4.69) is 5.32 Å². The number of benzene rings is 3. The van der Waals surface area contributed by atoms with Crippen LogP contribution in [0.5, 0.6) is 5.75 Å². The standard InChI is InChI=1S/C30H37N3O5S/c1-6-27(30(35)31-7-2)32(20-24-15-17-25(38-5)18-16-24)29(34)21-33(28-19-22(3)13-14-23(28)4)39(36,37)26-11-9-8-10-12-26/h8-19,27H,6-7,20-21H2,1-5H3,(H,31,35)/t27-/m1/s1. The fourth-order valence-electron chi connectivity index (χ4n) is 4.36. The van der Waals surface area contributed by atoms with Gasteiger partial charge in [0.05, 0.1) is 17.7 Å². The number of amides is 2. The van der Waals surface area contributed by atoms with Gasteiger partial charge in [-0.05, 0) is 74.2 Å². The molecule has 39 heavy (non-hydrogen) atoms. The van der Waals surface area contributed by atoms with E-state index in [4.69, 9.17) is 4.74 Å². The number of carbonyl (C=O) groups is 2. The minimum atomic E-state index is -4.10. The zero-order valence-corrected chi connectivity index (χ0v) is 24.0. The summed E-state index contributed by atoms with van der Waals surface area (Å²) in [5.41, 5.74) is 2.78. The molecule has 1 N–H and O–H groups in total. The molecule has 0 saturated carbocycles. The highest BCUT2D eigenvalue weighted by Gasteiger charge is 2.34. The predicted octanol–water partition coefficient (Wildman–Crippen LogP) is 4.45. The van der Waals surface area contributed by atoms with Crippen LogP contribution in [-0.2, 0) is 26.2 Å². The van der Waals surface area contributed by atoms with Crippen molar-refractivity contribution < 1.29 is 22.7 Å². The van der Waals surface area contributed by atoms with E-state index < -0.39 is 28.5 Å². The smallest absolute Gasteiger partial charge is 0.264 e. The summed E-state index contributed by atoms with van der Waals surface area (Å²) in [4.78, 5) is 28.6. The quantitative estimate of drug-likeness (QED) is 0.359. The third kappa shape index (κ3) is 7.17. The van der Waals surface area contributed by atoms with E-state index >= 15 is 0 Å². The molecular weight excluding hydrogens is 514 g/mol. The fraction of sp³-hybridized carbons (Fsp3) is 0.333. The zero-order chi connectivity index (χ0) is 28.6. The van der Waals surface area contributed by atoms with Crippen molar-refractivity contribution in [2.24, 2.45) is 0 Å². The highest BCUT2D eigenvalue weighted by Crippen LogP contribution is 2.28. The molecule has 0 spiro atoms. The van der Waals surface area contributed by atoms with Crippen LogP contribution in [0.1, 0.15) is 37.0 Å². The van der Waals surface area contributed by atoms with Crippen LogP contribution in [0.3, 0.4) is 0 Å². The van der Waals surface area contributed by atoms with E-state index in [9.17, 15) is 18.0 Å². The highest BCUT2D eigenvalue weighted by molar-refractivity contribution is 7.92. The zero-order valence-electron chi connectivity index (χ0n) is 23.2. The van der Waals surface area contributed by atoms with E-state index in [0.717, 1.165) is 15.4 Å². The number of nitrogens with zero attached hydrogens (tertiary/aromatic N) is 2. The van der Waals surface area contributed by atoms with Crippen molar-refractivity contribution in [2.75, 3.05) is 24.5 Å². The Morgan fingerprint density at radius 1 is 0.949 bits per heavy atom. The highest BCUT2D eigenvalue weighted by atomic mass is 32.2. The molecule has 0 aliphatic rings. The number of aryl methyl sites for hydroxylation is 2. The number of hydrogen-bond acceptors (Lipinski definition) is 5. The van der Waals surface area contributed by atoms with E-state index in [1.165, 1.54) is 17.0 Å². The molecule has 0 saturated heterocycles. The molecule has 9 heteroatoms. The number of sulfonamides is 1. The Morgan fingerprint density at radius 3 is 2.21 bits per heavy atom. The van der Waals surface area contributed by atoms with Crippen molar-refractivity contribution in [2.45, 2.75) is 51.6 Å². The van der Waals surface area contributed by atoms with E-state index in [0.29, 0.717) is 30.0 Å². The topological polar surface area (TPSA) is 96.0 Å². The number of anilines is 1. The lowest BCUT2D eigenvalue weighted by molar-refractivity contribution is -0.140. The molecule has 0 unspecified atom stereocenters. The first kappa shape index (κ1) is 29.7. The first-order valence-corrected chi connectivity index (χ1v) is 14.4. The maximum absolute atomic E-state index is 14.1. The lowest BCUT2D eigenvalue weighted by Gasteiger charge is -2.33. The lowest BCUT2D eigenvalue weighted by Crippen LogP contribution is -2.52. The second-order valence-electron chi connectivity index (χ2n) is 9.30. The number of carbonyl (C=O) groups excluding carboxylic acids is 2. The van der Waals surface area contributed by atoms with Crippen LogP contribution < -0.4 is 14.4 Å². The average Bonchev–Trinajstić information content (AvgIpc) is 2.93. The summed E-state index contributed by atoms with van der Waals surface area (Å²) in [6.45, 7) is 7.41. The first-order valence-electron chi connectivity index (χ1n) is 13.0. The van der Waals surface area contributed by atoms with E-state index in [1.807, 2.05) is 52.0 Å². The van der Waals surface area contributed by atoms with Gasteiger partial charge in [0, 0.05) is 13.1 Å². The normalized spacial score (nSPS) is 11.9. The third-order valence-electron chi connectivity index (χ3n) is 6.49. The van der Waals surface area contributed by atoms with Crippen LogP contribution in [0.4, 0.5) is 5.69 Å². The van der Waals surface area contributed by atoms with Gasteiger partial charge in [-0.25, -0.2) is 8.42 Å². The Morgan fingerprint density at radius 2 is 1.62 bits per heavy atom. The molecule has 2 amide bonds. The maximum Gasteiger partial charge on any atom is 0.264 e. The number of ether oxygens (including phenoxy) is 1. The van der Waals surface area contributed by atoms with Gasteiger partial charge >= 0.3 is 0 Å². The summed E-state index contributed by atoms with van der Waals surface area (Å²) in [5.74, 6) is -0.0992. The average molecular weight is 552 g/mol. The van der Waals surface area contributed by atoms with Crippen molar-refractivity contribution in [3.8, 4) is 5.75 Å². The van der Waals surface area contributed by atoms with Crippen LogP contribution in [0.15, 0.2) is 77.7 Å². The number of hydrogen-bond donors (Lipinski definition) is 1. The monoisotopic (exact) mass is 551 g/mol. The molecule has 0 fully saturated rings. The van der Waals surface area contributed by atoms with Gasteiger partial charge in [-0.2, -0.15) is 0 Å². The summed E-state index contributed by atoms with van der Waals surface area (Å²) >= 11 is 0. The molecule has 3 aromatic rings. The minimum Gasteiger partial charge on any atom is -0.497 e. The van der Waals surface area contributed by atoms with Crippen LogP contribution >= 0.6 is 0 Å².